The molecule has 0 unspecified atom stereocenters. The van der Waals surface area contributed by atoms with E-state index < -0.39 is 5.97 Å². The van der Waals surface area contributed by atoms with Gasteiger partial charge in [0.15, 0.2) is 5.82 Å². The third kappa shape index (κ3) is 6.36. The Morgan fingerprint density at radius 2 is 1.84 bits per heavy atom. The molecule has 0 radical (unpaired) electrons. The Morgan fingerprint density at radius 3 is 2.58 bits per heavy atom. The van der Waals surface area contributed by atoms with E-state index in [9.17, 15) is 14.7 Å². The largest absolute Gasteiger partial charge is 0.496 e. The number of para-hydroxylation sites is 1. The van der Waals surface area contributed by atoms with Gasteiger partial charge in [-0.25, -0.2) is 9.78 Å². The van der Waals surface area contributed by atoms with E-state index in [2.05, 4.69) is 34.9 Å². The highest BCUT2D eigenvalue weighted by Gasteiger charge is 2.18. The van der Waals surface area contributed by atoms with Gasteiger partial charge in [-0.3, -0.25) is 4.79 Å². The number of ether oxygens (including phenoxy) is 2. The van der Waals surface area contributed by atoms with Gasteiger partial charge in [-0.05, 0) is 84.1 Å². The van der Waals surface area contributed by atoms with E-state index in [0.29, 0.717) is 33.6 Å². The second kappa shape index (κ2) is 12.6. The third-order valence-electron chi connectivity index (χ3n) is 7.05. The van der Waals surface area contributed by atoms with E-state index in [1.54, 1.807) is 49.7 Å². The maximum absolute atomic E-state index is 13.8. The topological polar surface area (TPSA) is 103 Å². The summed E-state index contributed by atoms with van der Waals surface area (Å²) in [6.07, 6.45) is 1.57. The van der Waals surface area contributed by atoms with Crippen LogP contribution in [0, 0.1) is 6.92 Å². The molecule has 0 aliphatic rings. The van der Waals surface area contributed by atoms with E-state index in [-0.39, 0.29) is 23.6 Å². The first-order chi connectivity index (χ1) is 20.7. The number of halogens is 1. The van der Waals surface area contributed by atoms with Crippen LogP contribution in [0.2, 0.25) is 0 Å². The molecule has 4 aromatic carbocycles. The van der Waals surface area contributed by atoms with Crippen molar-refractivity contribution in [2.75, 3.05) is 7.11 Å². The summed E-state index contributed by atoms with van der Waals surface area (Å²) in [7, 11) is 1.65. The maximum atomic E-state index is 13.8. The average molecular weight is 641 g/mol. The molecule has 5 aromatic rings. The first-order valence-corrected chi connectivity index (χ1v) is 14.4. The Labute approximate surface area is 257 Å². The zero-order valence-corrected chi connectivity index (χ0v) is 25.8. The smallest absolute Gasteiger partial charge is 0.335 e. The van der Waals surface area contributed by atoms with E-state index in [1.165, 1.54) is 10.7 Å². The molecule has 1 aromatic heterocycles. The van der Waals surface area contributed by atoms with Crippen LogP contribution in [0.25, 0.3) is 22.3 Å². The number of carboxylic acid groups (broad SMARTS) is 1. The number of benzene rings is 4. The number of aryl methyl sites for hydroxylation is 1. The van der Waals surface area contributed by atoms with Crippen LogP contribution in [0.3, 0.4) is 0 Å². The molecule has 0 atom stereocenters. The fourth-order valence-electron chi connectivity index (χ4n) is 4.80. The summed E-state index contributed by atoms with van der Waals surface area (Å²) >= 11 is 3.51. The minimum Gasteiger partial charge on any atom is -0.496 e. The molecule has 43 heavy (non-hydrogen) atoms. The number of rotatable bonds is 9. The molecule has 0 saturated carbocycles. The van der Waals surface area contributed by atoms with Gasteiger partial charge in [0.25, 0.3) is 5.56 Å². The number of aromatic carboxylic acids is 1. The van der Waals surface area contributed by atoms with Crippen molar-refractivity contribution in [1.82, 2.24) is 9.66 Å². The van der Waals surface area contributed by atoms with Crippen molar-refractivity contribution >= 4 is 39.0 Å². The summed E-state index contributed by atoms with van der Waals surface area (Å²) in [6.45, 7) is 6.28. The van der Waals surface area contributed by atoms with Crippen LogP contribution in [0.15, 0.2) is 93.2 Å². The molecule has 5 rings (SSSR count). The lowest BCUT2D eigenvalue weighted by atomic mass is 9.96. The van der Waals surface area contributed by atoms with Crippen molar-refractivity contribution < 1.29 is 19.4 Å². The lowest BCUT2D eigenvalue weighted by Gasteiger charge is -2.17. The molecule has 0 fully saturated rings. The van der Waals surface area contributed by atoms with Gasteiger partial charge in [-0.1, -0.05) is 54.0 Å². The molecule has 218 valence electrons. The Bertz CT molecular complexity index is 1930. The van der Waals surface area contributed by atoms with Gasteiger partial charge in [0, 0.05) is 15.6 Å². The second-order valence-electron chi connectivity index (χ2n) is 10.4. The fourth-order valence-corrected chi connectivity index (χ4v) is 5.18. The minimum absolute atomic E-state index is 0.148. The van der Waals surface area contributed by atoms with Crippen molar-refractivity contribution in [3.8, 4) is 22.9 Å². The predicted octanol–water partition coefficient (Wildman–Crippen LogP) is 7.43. The Kier molecular flexibility index (Phi) is 8.73. The number of nitrogens with zero attached hydrogens (tertiary/aromatic N) is 3. The summed E-state index contributed by atoms with van der Waals surface area (Å²) < 4.78 is 13.8. The van der Waals surface area contributed by atoms with Crippen LogP contribution in [0.4, 0.5) is 0 Å². The van der Waals surface area contributed by atoms with Gasteiger partial charge in [-0.2, -0.15) is 9.78 Å². The average Bonchev–Trinajstić information content (AvgIpc) is 3.00. The number of methoxy groups -OCH3 is 1. The van der Waals surface area contributed by atoms with Crippen LogP contribution in [0.5, 0.6) is 11.5 Å². The van der Waals surface area contributed by atoms with Gasteiger partial charge in [0.05, 0.1) is 29.8 Å². The monoisotopic (exact) mass is 639 g/mol. The SMILES string of the molecule is COc1cc(C)c(-c2nc3ccccc3c(=O)n2N=Cc2cc(Br)ccc2OCc2cccc(C(=O)O)c2)cc1C(C)C. The number of hydrogen-bond donors (Lipinski definition) is 1. The standard InChI is InChI=1S/C34H30BrN3O5/c1-20(2)27-17-28(21(3)14-31(27)42-4)32-37-29-11-6-5-10-26(29)33(39)38(32)36-18-24-16-25(35)12-13-30(24)43-19-22-8-7-9-23(15-22)34(40)41/h5-18,20H,19H2,1-4H3,(H,40,41). The van der Waals surface area contributed by atoms with Crippen LogP contribution in [-0.4, -0.2) is 34.1 Å². The van der Waals surface area contributed by atoms with Crippen molar-refractivity contribution in [2.45, 2.75) is 33.3 Å². The molecular formula is C34H30BrN3O5. The molecule has 0 spiro atoms. The molecule has 8 nitrogen and oxygen atoms in total. The van der Waals surface area contributed by atoms with Gasteiger partial charge < -0.3 is 14.6 Å². The Morgan fingerprint density at radius 1 is 1.05 bits per heavy atom. The highest BCUT2D eigenvalue weighted by atomic mass is 79.9. The van der Waals surface area contributed by atoms with Crippen molar-refractivity contribution in [3.05, 3.63) is 122 Å². The second-order valence-corrected chi connectivity index (χ2v) is 11.3. The summed E-state index contributed by atoms with van der Waals surface area (Å²) in [5.74, 6) is 0.870. The van der Waals surface area contributed by atoms with Crippen LogP contribution in [0.1, 0.15) is 52.4 Å². The molecule has 0 amide bonds. The summed E-state index contributed by atoms with van der Waals surface area (Å²) in [5.41, 5.74) is 4.44. The van der Waals surface area contributed by atoms with Gasteiger partial charge in [0.2, 0.25) is 0 Å². The van der Waals surface area contributed by atoms with Gasteiger partial charge >= 0.3 is 5.97 Å². The molecule has 0 saturated heterocycles. The van der Waals surface area contributed by atoms with Crippen molar-refractivity contribution in [1.29, 1.82) is 0 Å². The first kappa shape index (κ1) is 29.7. The number of carboxylic acids is 1. The van der Waals surface area contributed by atoms with Crippen molar-refractivity contribution in [2.24, 2.45) is 5.10 Å². The summed E-state index contributed by atoms with van der Waals surface area (Å²) in [5, 5.41) is 14.4. The highest BCUT2D eigenvalue weighted by molar-refractivity contribution is 9.10. The third-order valence-corrected chi connectivity index (χ3v) is 7.54. The van der Waals surface area contributed by atoms with E-state index in [0.717, 1.165) is 26.9 Å². The van der Waals surface area contributed by atoms with Crippen LogP contribution >= 0.6 is 15.9 Å². The number of aromatic nitrogens is 2. The molecule has 1 heterocycles. The Balaban J connectivity index is 1.61. The lowest BCUT2D eigenvalue weighted by Crippen LogP contribution is -2.21. The normalized spacial score (nSPS) is 11.4. The molecule has 1 N–H and O–H groups in total. The van der Waals surface area contributed by atoms with Gasteiger partial charge in [0.1, 0.15) is 18.1 Å². The molecule has 0 aliphatic heterocycles. The molecule has 0 aliphatic carbocycles. The highest BCUT2D eigenvalue weighted by Crippen LogP contribution is 2.34. The van der Waals surface area contributed by atoms with Crippen molar-refractivity contribution in [3.63, 3.8) is 0 Å². The summed E-state index contributed by atoms with van der Waals surface area (Å²) in [6, 6.07) is 23.2. The number of carbonyl (C=O) groups is 1. The van der Waals surface area contributed by atoms with E-state index in [4.69, 9.17) is 14.5 Å². The first-order valence-electron chi connectivity index (χ1n) is 13.7. The summed E-state index contributed by atoms with van der Waals surface area (Å²) in [4.78, 5) is 30.1. The number of hydrogen-bond acceptors (Lipinski definition) is 6. The predicted molar refractivity (Wildman–Crippen MR) is 172 cm³/mol. The van der Waals surface area contributed by atoms with Crippen LogP contribution < -0.4 is 15.0 Å². The van der Waals surface area contributed by atoms with Crippen LogP contribution in [-0.2, 0) is 6.61 Å². The Hall–Kier alpha value is -4.76. The zero-order chi connectivity index (χ0) is 30.7. The van der Waals surface area contributed by atoms with E-state index in [1.807, 2.05) is 43.3 Å². The lowest BCUT2D eigenvalue weighted by molar-refractivity contribution is 0.0696. The molecule has 9 heteroatoms. The minimum atomic E-state index is -1.00. The molecular weight excluding hydrogens is 610 g/mol. The number of fused-ring (bicyclic) bond motifs is 1. The van der Waals surface area contributed by atoms with E-state index >= 15 is 0 Å². The van der Waals surface area contributed by atoms with Gasteiger partial charge in [-0.15, -0.1) is 0 Å². The fraction of sp³-hybridized carbons (Fsp3) is 0.176. The zero-order valence-electron chi connectivity index (χ0n) is 24.2. The maximum Gasteiger partial charge on any atom is 0.335 e. The quantitative estimate of drug-likeness (QED) is 0.168. The molecule has 0 bridgehead atoms.